The van der Waals surface area contributed by atoms with Crippen LogP contribution in [-0.4, -0.2) is 86.4 Å². The number of carbonyl (C=O) groups is 3. The second kappa shape index (κ2) is 15.7. The molecule has 13 nitrogen and oxygen atoms in total. The first-order chi connectivity index (χ1) is 22.1. The molecule has 0 spiro atoms. The Kier molecular flexibility index (Phi) is 11.7. The van der Waals surface area contributed by atoms with Gasteiger partial charge in [-0.3, -0.25) is 29.5 Å². The Morgan fingerprint density at radius 2 is 1.78 bits per heavy atom. The molecule has 246 valence electrons. The number of nitrogens with two attached hydrogens (primary N) is 2. The van der Waals surface area contributed by atoms with Crippen LogP contribution >= 0.6 is 0 Å². The number of primary amides is 1. The first-order valence-electron chi connectivity index (χ1n) is 15.4. The van der Waals surface area contributed by atoms with Gasteiger partial charge in [0.1, 0.15) is 0 Å². The van der Waals surface area contributed by atoms with Gasteiger partial charge < -0.3 is 31.2 Å². The van der Waals surface area contributed by atoms with Crippen molar-refractivity contribution in [2.45, 2.75) is 37.5 Å². The molecule has 0 radical (unpaired) electrons. The summed E-state index contributed by atoms with van der Waals surface area (Å²) in [6.07, 6.45) is 1.88. The Bertz CT molecular complexity index is 1470. The van der Waals surface area contributed by atoms with Crippen molar-refractivity contribution >= 4 is 29.2 Å². The van der Waals surface area contributed by atoms with Gasteiger partial charge in [0.05, 0.1) is 42.3 Å². The zero-order valence-electron chi connectivity index (χ0n) is 26.3. The van der Waals surface area contributed by atoms with Crippen LogP contribution in [0.4, 0.5) is 5.69 Å². The third-order valence-corrected chi connectivity index (χ3v) is 8.78. The molecule has 2 aliphatic heterocycles. The van der Waals surface area contributed by atoms with Gasteiger partial charge >= 0.3 is 5.97 Å². The standard InChI is InChI=1S/C33H42N6O7/c1-22-27(30(35)40)28(23-9-11-25(12-10-23)39(43)44)29(26(37-22)21-46-20-15-34)31(41)36-16-6-17-38-18-13-33(14-19-38,32(42)45-2)24-7-4-3-5-8-24/h3-5,7-12,27-28H,6,13-21,34H2,1-2H3,(H2,35,40)(H,36,41). The highest BCUT2D eigenvalue weighted by atomic mass is 16.6. The van der Waals surface area contributed by atoms with E-state index in [9.17, 15) is 24.5 Å². The number of nitro benzene ring substituents is 1. The number of nitrogens with zero attached hydrogens (tertiary/aromatic N) is 3. The second-order valence-corrected chi connectivity index (χ2v) is 11.6. The number of esters is 1. The van der Waals surface area contributed by atoms with Crippen molar-refractivity contribution in [3.05, 3.63) is 87.1 Å². The molecule has 2 heterocycles. The normalized spacial score (nSPS) is 19.7. The first kappa shape index (κ1) is 34.4. The van der Waals surface area contributed by atoms with Crippen LogP contribution in [0.2, 0.25) is 0 Å². The Labute approximate surface area is 268 Å². The number of likely N-dealkylation sites (tertiary alicyclic amines) is 1. The van der Waals surface area contributed by atoms with E-state index in [1.165, 1.54) is 31.4 Å². The summed E-state index contributed by atoms with van der Waals surface area (Å²) in [5, 5.41) is 14.3. The number of non-ortho nitro benzene ring substituents is 1. The number of aliphatic imine (C=N–C) groups is 1. The molecule has 0 bridgehead atoms. The summed E-state index contributed by atoms with van der Waals surface area (Å²) in [5.74, 6) is -3.08. The molecule has 2 atom stereocenters. The van der Waals surface area contributed by atoms with Crippen LogP contribution < -0.4 is 16.8 Å². The Morgan fingerprint density at radius 3 is 2.37 bits per heavy atom. The Morgan fingerprint density at radius 1 is 1.11 bits per heavy atom. The maximum atomic E-state index is 13.8. The number of ether oxygens (including phenoxy) is 2. The van der Waals surface area contributed by atoms with Crippen LogP contribution in [0, 0.1) is 16.0 Å². The number of piperidine rings is 1. The lowest BCUT2D eigenvalue weighted by Crippen LogP contribution is -2.48. The van der Waals surface area contributed by atoms with Gasteiger partial charge in [0, 0.05) is 42.4 Å². The number of benzene rings is 2. The van der Waals surface area contributed by atoms with E-state index in [-0.39, 0.29) is 37.0 Å². The summed E-state index contributed by atoms with van der Waals surface area (Å²) in [4.78, 5) is 57.0. The fourth-order valence-electron chi connectivity index (χ4n) is 6.42. The van der Waals surface area contributed by atoms with E-state index in [0.717, 1.165) is 5.56 Å². The summed E-state index contributed by atoms with van der Waals surface area (Å²) in [6, 6.07) is 15.4. The molecule has 13 heteroatoms. The fraction of sp³-hybridized carbons (Fsp3) is 0.455. The molecule has 2 aliphatic rings. The molecule has 1 fully saturated rings. The van der Waals surface area contributed by atoms with E-state index in [1.54, 1.807) is 6.92 Å². The number of hydrogen-bond acceptors (Lipinski definition) is 10. The van der Waals surface area contributed by atoms with Gasteiger partial charge in [0.2, 0.25) is 11.8 Å². The first-order valence-corrected chi connectivity index (χ1v) is 15.4. The molecule has 1 saturated heterocycles. The number of rotatable bonds is 14. The quantitative estimate of drug-likeness (QED) is 0.121. The summed E-state index contributed by atoms with van der Waals surface area (Å²) in [6.45, 7) is 4.60. The molecule has 2 aromatic carbocycles. The lowest BCUT2D eigenvalue weighted by atomic mass is 9.72. The molecule has 0 aliphatic carbocycles. The summed E-state index contributed by atoms with van der Waals surface area (Å²) in [7, 11) is 1.42. The van der Waals surface area contributed by atoms with Gasteiger partial charge in [-0.2, -0.15) is 0 Å². The van der Waals surface area contributed by atoms with Crippen molar-refractivity contribution in [2.75, 3.05) is 53.0 Å². The monoisotopic (exact) mass is 634 g/mol. The van der Waals surface area contributed by atoms with Crippen LogP contribution in [0.25, 0.3) is 0 Å². The zero-order valence-corrected chi connectivity index (χ0v) is 26.3. The summed E-state index contributed by atoms with van der Waals surface area (Å²) < 4.78 is 10.8. The van der Waals surface area contributed by atoms with E-state index >= 15 is 0 Å². The minimum absolute atomic E-state index is 0.0105. The molecule has 0 aromatic heterocycles. The van der Waals surface area contributed by atoms with E-state index in [2.05, 4.69) is 15.2 Å². The number of nitrogens with one attached hydrogen (secondary N) is 1. The summed E-state index contributed by atoms with van der Waals surface area (Å²) >= 11 is 0. The maximum Gasteiger partial charge on any atom is 0.316 e. The predicted molar refractivity (Wildman–Crippen MR) is 172 cm³/mol. The molecule has 2 amide bonds. The smallest absolute Gasteiger partial charge is 0.316 e. The molecule has 5 N–H and O–H groups in total. The van der Waals surface area contributed by atoms with Crippen LogP contribution in [0.15, 0.2) is 70.9 Å². The number of carbonyl (C=O) groups excluding carboxylic acids is 3. The van der Waals surface area contributed by atoms with Gasteiger partial charge in [-0.1, -0.05) is 42.5 Å². The van der Waals surface area contributed by atoms with Crippen LogP contribution in [0.5, 0.6) is 0 Å². The number of amides is 2. The lowest BCUT2D eigenvalue weighted by Gasteiger charge is -2.40. The second-order valence-electron chi connectivity index (χ2n) is 11.6. The average Bonchev–Trinajstić information content (AvgIpc) is 3.06. The van der Waals surface area contributed by atoms with Gasteiger partial charge in [-0.05, 0) is 56.9 Å². The van der Waals surface area contributed by atoms with Gasteiger partial charge in [-0.15, -0.1) is 0 Å². The van der Waals surface area contributed by atoms with Crippen molar-refractivity contribution in [1.82, 2.24) is 10.2 Å². The van der Waals surface area contributed by atoms with E-state index in [4.69, 9.17) is 20.9 Å². The topological polar surface area (TPSA) is 192 Å². The zero-order chi connectivity index (χ0) is 33.3. The van der Waals surface area contributed by atoms with Crippen molar-refractivity contribution in [3.63, 3.8) is 0 Å². The Hall–Kier alpha value is -4.46. The van der Waals surface area contributed by atoms with Crippen LogP contribution in [-0.2, 0) is 29.3 Å². The van der Waals surface area contributed by atoms with Crippen molar-refractivity contribution < 1.29 is 28.8 Å². The van der Waals surface area contributed by atoms with E-state index < -0.39 is 34.0 Å². The highest BCUT2D eigenvalue weighted by Crippen LogP contribution is 2.40. The van der Waals surface area contributed by atoms with Crippen molar-refractivity contribution in [3.8, 4) is 0 Å². The maximum absolute atomic E-state index is 13.8. The minimum atomic E-state index is -0.937. The summed E-state index contributed by atoms with van der Waals surface area (Å²) in [5.41, 5.74) is 13.1. The molecule has 0 saturated carbocycles. The third-order valence-electron chi connectivity index (χ3n) is 8.78. The number of hydrogen-bond donors (Lipinski definition) is 3. The van der Waals surface area contributed by atoms with Crippen molar-refractivity contribution in [1.29, 1.82) is 0 Å². The van der Waals surface area contributed by atoms with E-state index in [1.807, 2.05) is 30.3 Å². The molecule has 2 unspecified atom stereocenters. The minimum Gasteiger partial charge on any atom is -0.468 e. The molecular formula is C33H42N6O7. The van der Waals surface area contributed by atoms with Gasteiger partial charge in [0.25, 0.3) is 5.69 Å². The highest BCUT2D eigenvalue weighted by Gasteiger charge is 2.44. The largest absolute Gasteiger partial charge is 0.468 e. The average molecular weight is 635 g/mol. The highest BCUT2D eigenvalue weighted by molar-refractivity contribution is 6.09. The molecule has 46 heavy (non-hydrogen) atoms. The van der Waals surface area contributed by atoms with Crippen LogP contribution in [0.1, 0.15) is 43.2 Å². The Balaban J connectivity index is 1.47. The molecular weight excluding hydrogens is 592 g/mol. The van der Waals surface area contributed by atoms with E-state index in [0.29, 0.717) is 62.4 Å². The number of methoxy groups -OCH3 is 1. The third kappa shape index (κ3) is 7.66. The van der Waals surface area contributed by atoms with Gasteiger partial charge in [0.15, 0.2) is 0 Å². The van der Waals surface area contributed by atoms with Crippen molar-refractivity contribution in [2.24, 2.45) is 22.4 Å². The SMILES string of the molecule is COC(=O)C1(c2ccccc2)CCN(CCCNC(=O)C2=C(COCCN)N=C(C)C(C(N)=O)C2c2ccc([N+](=O)[O-])cc2)CC1. The fourth-order valence-corrected chi connectivity index (χ4v) is 6.42. The number of nitro groups is 1. The van der Waals surface area contributed by atoms with Crippen LogP contribution in [0.3, 0.4) is 0 Å². The lowest BCUT2D eigenvalue weighted by molar-refractivity contribution is -0.384. The predicted octanol–water partition coefficient (Wildman–Crippen LogP) is 2.20. The van der Waals surface area contributed by atoms with Gasteiger partial charge in [-0.25, -0.2) is 0 Å². The molecule has 2 aromatic rings. The molecule has 4 rings (SSSR count).